The summed E-state index contributed by atoms with van der Waals surface area (Å²) in [7, 11) is 1.61. The summed E-state index contributed by atoms with van der Waals surface area (Å²) in [5.74, 6) is 0.430. The summed E-state index contributed by atoms with van der Waals surface area (Å²) in [5, 5.41) is 5.76. The first-order valence-electron chi connectivity index (χ1n) is 6.86. The van der Waals surface area contributed by atoms with E-state index >= 15 is 0 Å². The summed E-state index contributed by atoms with van der Waals surface area (Å²) in [5.41, 5.74) is 4.47. The average Bonchev–Trinajstić information content (AvgIpc) is 2.47. The van der Waals surface area contributed by atoms with Gasteiger partial charge in [-0.15, -0.1) is 0 Å². The number of anilines is 1. The van der Waals surface area contributed by atoms with Crippen molar-refractivity contribution in [3.05, 3.63) is 53.4 Å². The van der Waals surface area contributed by atoms with Crippen molar-refractivity contribution in [2.75, 3.05) is 12.4 Å². The number of amides is 1. The molecule has 0 aromatic heterocycles. The summed E-state index contributed by atoms with van der Waals surface area (Å²) < 4.78 is 0. The molecular weight excluding hydrogens is 262 g/mol. The van der Waals surface area contributed by atoms with Gasteiger partial charge in [-0.1, -0.05) is 18.7 Å². The van der Waals surface area contributed by atoms with Crippen LogP contribution in [0.4, 0.5) is 5.69 Å². The van der Waals surface area contributed by atoms with E-state index in [0.717, 1.165) is 22.5 Å². The van der Waals surface area contributed by atoms with Crippen LogP contribution >= 0.6 is 0 Å². The molecule has 0 aliphatic heterocycles. The molecule has 1 aromatic rings. The van der Waals surface area contributed by atoms with E-state index in [1.54, 1.807) is 19.2 Å². The van der Waals surface area contributed by atoms with E-state index < -0.39 is 0 Å². The molecule has 0 saturated heterocycles. The number of aryl methyl sites for hydroxylation is 1. The number of carbonyl (C=O) groups excluding carboxylic acids is 1. The van der Waals surface area contributed by atoms with Crippen molar-refractivity contribution in [2.45, 2.75) is 27.7 Å². The van der Waals surface area contributed by atoms with Gasteiger partial charge < -0.3 is 10.6 Å². The van der Waals surface area contributed by atoms with Crippen molar-refractivity contribution in [3.63, 3.8) is 0 Å². The Morgan fingerprint density at radius 2 is 2.00 bits per heavy atom. The number of benzene rings is 1. The van der Waals surface area contributed by atoms with E-state index in [0.29, 0.717) is 11.4 Å². The van der Waals surface area contributed by atoms with Crippen molar-refractivity contribution in [1.82, 2.24) is 5.32 Å². The minimum Gasteiger partial charge on any atom is -0.355 e. The molecule has 1 amide bonds. The van der Waals surface area contributed by atoms with Crippen LogP contribution in [0.15, 0.2) is 47.2 Å². The molecule has 0 unspecified atom stereocenters. The molecule has 0 bridgehead atoms. The summed E-state index contributed by atoms with van der Waals surface area (Å²) >= 11 is 0. The van der Waals surface area contributed by atoms with Crippen LogP contribution in [0.1, 0.15) is 36.7 Å². The van der Waals surface area contributed by atoms with E-state index in [9.17, 15) is 4.79 Å². The Morgan fingerprint density at radius 3 is 2.57 bits per heavy atom. The number of nitrogens with zero attached hydrogens (tertiary/aromatic N) is 1. The van der Waals surface area contributed by atoms with E-state index in [2.05, 4.69) is 22.2 Å². The van der Waals surface area contributed by atoms with Crippen LogP contribution in [0, 0.1) is 6.92 Å². The fourth-order valence-corrected chi connectivity index (χ4v) is 1.73. The van der Waals surface area contributed by atoms with Crippen molar-refractivity contribution in [3.8, 4) is 0 Å². The van der Waals surface area contributed by atoms with Crippen molar-refractivity contribution in [1.29, 1.82) is 0 Å². The number of aliphatic imine (C=N–C) groups is 1. The maximum Gasteiger partial charge on any atom is 0.251 e. The third-order valence-corrected chi connectivity index (χ3v) is 3.31. The normalized spacial score (nSPS) is 12.0. The molecule has 4 heteroatoms. The lowest BCUT2D eigenvalue weighted by Crippen LogP contribution is -2.18. The van der Waals surface area contributed by atoms with Crippen LogP contribution in [0.25, 0.3) is 0 Å². The first-order chi connectivity index (χ1) is 9.88. The Morgan fingerprint density at radius 1 is 1.33 bits per heavy atom. The average molecular weight is 285 g/mol. The maximum absolute atomic E-state index is 11.7. The number of rotatable bonds is 5. The number of allylic oxidation sites excluding steroid dienone is 2. The molecule has 0 spiro atoms. The highest BCUT2D eigenvalue weighted by Gasteiger charge is 2.07. The van der Waals surface area contributed by atoms with Crippen LogP contribution in [-0.2, 0) is 0 Å². The Bertz CT molecular complexity index is 612. The van der Waals surface area contributed by atoms with Crippen LogP contribution in [-0.4, -0.2) is 18.7 Å². The van der Waals surface area contributed by atoms with Crippen LogP contribution in [0.5, 0.6) is 0 Å². The highest BCUT2D eigenvalue weighted by atomic mass is 16.1. The lowest BCUT2D eigenvalue weighted by atomic mass is 10.1. The molecule has 0 atom stereocenters. The van der Waals surface area contributed by atoms with Crippen molar-refractivity contribution < 1.29 is 4.79 Å². The molecule has 2 N–H and O–H groups in total. The SMILES string of the molecule is C=C(/N=C(C)\C(C)=C/C)Nc1cc(C(=O)NC)ccc1C. The zero-order valence-electron chi connectivity index (χ0n) is 13.4. The third-order valence-electron chi connectivity index (χ3n) is 3.31. The largest absolute Gasteiger partial charge is 0.355 e. The van der Waals surface area contributed by atoms with Gasteiger partial charge in [-0.2, -0.15) is 0 Å². The van der Waals surface area contributed by atoms with Crippen molar-refractivity contribution >= 4 is 17.3 Å². The van der Waals surface area contributed by atoms with Gasteiger partial charge in [0.25, 0.3) is 5.91 Å². The molecule has 1 aromatic carbocycles. The molecule has 1 rings (SSSR count). The number of hydrogen-bond acceptors (Lipinski definition) is 3. The van der Waals surface area contributed by atoms with Crippen LogP contribution in [0.2, 0.25) is 0 Å². The topological polar surface area (TPSA) is 53.5 Å². The molecule has 0 aliphatic rings. The lowest BCUT2D eigenvalue weighted by molar-refractivity contribution is 0.0963. The van der Waals surface area contributed by atoms with Crippen LogP contribution < -0.4 is 10.6 Å². The van der Waals surface area contributed by atoms with Gasteiger partial charge in [-0.3, -0.25) is 4.79 Å². The van der Waals surface area contributed by atoms with Gasteiger partial charge in [-0.05, 0) is 51.0 Å². The Labute approximate surface area is 126 Å². The standard InChI is InChI=1S/C17H23N3O/c1-7-11(2)13(4)19-14(5)20-16-10-15(17(21)18-6)9-8-12(16)3/h7-10,20H,5H2,1-4,6H3,(H,18,21)/b11-7-,19-13-. The minimum atomic E-state index is -0.117. The molecule has 0 saturated carbocycles. The number of nitrogens with one attached hydrogen (secondary N) is 2. The van der Waals surface area contributed by atoms with Gasteiger partial charge in [-0.25, -0.2) is 4.99 Å². The van der Waals surface area contributed by atoms with Crippen LogP contribution in [0.3, 0.4) is 0 Å². The van der Waals surface area contributed by atoms with Gasteiger partial charge in [0.15, 0.2) is 0 Å². The predicted molar refractivity (Wildman–Crippen MR) is 89.9 cm³/mol. The highest BCUT2D eigenvalue weighted by Crippen LogP contribution is 2.19. The summed E-state index contributed by atoms with van der Waals surface area (Å²) in [6, 6.07) is 5.49. The second-order valence-electron chi connectivity index (χ2n) is 4.85. The second kappa shape index (κ2) is 7.43. The lowest BCUT2D eigenvalue weighted by Gasteiger charge is -2.11. The minimum absolute atomic E-state index is 0.117. The third kappa shape index (κ3) is 4.60. The van der Waals surface area contributed by atoms with E-state index in [4.69, 9.17) is 0 Å². The Hall–Kier alpha value is -2.36. The van der Waals surface area contributed by atoms with Gasteiger partial charge in [0.05, 0.1) is 0 Å². The molecule has 0 radical (unpaired) electrons. The first kappa shape index (κ1) is 16.7. The molecule has 21 heavy (non-hydrogen) atoms. The van der Waals surface area contributed by atoms with Gasteiger partial charge in [0, 0.05) is 24.0 Å². The molecule has 4 nitrogen and oxygen atoms in total. The smallest absolute Gasteiger partial charge is 0.251 e. The predicted octanol–water partition coefficient (Wildman–Crippen LogP) is 3.66. The number of carbonyl (C=O) groups is 1. The van der Waals surface area contributed by atoms with Gasteiger partial charge >= 0.3 is 0 Å². The fraction of sp³-hybridized carbons (Fsp3) is 0.294. The summed E-state index contributed by atoms with van der Waals surface area (Å²) in [6.45, 7) is 11.8. The molecule has 0 aliphatic carbocycles. The fourth-order valence-electron chi connectivity index (χ4n) is 1.73. The quantitative estimate of drug-likeness (QED) is 0.811. The zero-order chi connectivity index (χ0) is 16.0. The van der Waals surface area contributed by atoms with E-state index in [-0.39, 0.29) is 5.91 Å². The second-order valence-corrected chi connectivity index (χ2v) is 4.85. The van der Waals surface area contributed by atoms with E-state index in [1.165, 1.54) is 0 Å². The summed E-state index contributed by atoms with van der Waals surface area (Å²) in [4.78, 5) is 16.1. The zero-order valence-corrected chi connectivity index (χ0v) is 13.4. The molecule has 112 valence electrons. The van der Waals surface area contributed by atoms with Gasteiger partial charge in [0.2, 0.25) is 0 Å². The molecule has 0 heterocycles. The summed E-state index contributed by atoms with van der Waals surface area (Å²) in [6.07, 6.45) is 2.00. The number of hydrogen-bond donors (Lipinski definition) is 2. The Balaban J connectivity index is 2.97. The first-order valence-corrected chi connectivity index (χ1v) is 6.86. The van der Waals surface area contributed by atoms with Crippen molar-refractivity contribution in [2.24, 2.45) is 4.99 Å². The monoisotopic (exact) mass is 285 g/mol. The Kier molecular flexibility index (Phi) is 5.91. The maximum atomic E-state index is 11.7. The molecular formula is C17H23N3O. The van der Waals surface area contributed by atoms with E-state index in [1.807, 2.05) is 39.8 Å². The highest BCUT2D eigenvalue weighted by molar-refractivity contribution is 5.98. The molecule has 0 fully saturated rings. The van der Waals surface area contributed by atoms with Gasteiger partial charge in [0.1, 0.15) is 5.82 Å².